The van der Waals surface area contributed by atoms with E-state index >= 15 is 0 Å². The summed E-state index contributed by atoms with van der Waals surface area (Å²) in [7, 11) is 0. The minimum absolute atomic E-state index is 0. The van der Waals surface area contributed by atoms with Crippen LogP contribution in [0.4, 0.5) is 0 Å². The summed E-state index contributed by atoms with van der Waals surface area (Å²) in [5.74, 6) is -1.00. The number of carboxylic acid groups (broad SMARTS) is 1. The Kier molecular flexibility index (Phi) is 5.91. The van der Waals surface area contributed by atoms with Crippen molar-refractivity contribution in [1.82, 2.24) is 9.97 Å². The Balaban J connectivity index is 0.00000121. The van der Waals surface area contributed by atoms with Crippen LogP contribution in [0.2, 0.25) is 0 Å². The van der Waals surface area contributed by atoms with Gasteiger partial charge in [-0.1, -0.05) is 0 Å². The van der Waals surface area contributed by atoms with Gasteiger partial charge in [0.05, 0.1) is 6.33 Å². The van der Waals surface area contributed by atoms with Crippen LogP contribution < -0.4 is 5.73 Å². The second-order valence-corrected chi connectivity index (χ2v) is 2.23. The summed E-state index contributed by atoms with van der Waals surface area (Å²) >= 11 is 0. The molecule has 0 amide bonds. The fourth-order valence-electron chi connectivity index (χ4n) is 0.721. The van der Waals surface area contributed by atoms with Gasteiger partial charge < -0.3 is 15.8 Å². The van der Waals surface area contributed by atoms with Gasteiger partial charge in [0.15, 0.2) is 0 Å². The molecule has 0 aliphatic rings. The Hall–Kier alpha value is 0.224. The van der Waals surface area contributed by atoms with Crippen LogP contribution in [-0.2, 0) is 11.2 Å². The topological polar surface area (TPSA) is 92.0 Å². The van der Waals surface area contributed by atoms with Crippen LogP contribution in [0.15, 0.2) is 12.5 Å². The number of hydrogen-bond acceptors (Lipinski definition) is 3. The van der Waals surface area contributed by atoms with E-state index < -0.39 is 12.0 Å². The molecule has 5 nitrogen and oxygen atoms in total. The van der Waals surface area contributed by atoms with Crippen molar-refractivity contribution in [3.63, 3.8) is 0 Å². The van der Waals surface area contributed by atoms with Crippen molar-refractivity contribution in [3.8, 4) is 0 Å². The molecule has 0 saturated heterocycles. The van der Waals surface area contributed by atoms with E-state index in [1.807, 2.05) is 0 Å². The molecule has 1 aromatic rings. The zero-order valence-electron chi connectivity index (χ0n) is 6.20. The number of rotatable bonds is 3. The number of aromatic amines is 1. The number of aliphatic carboxylic acids is 1. The summed E-state index contributed by atoms with van der Waals surface area (Å²) in [4.78, 5) is 16.8. The second kappa shape index (κ2) is 5.80. The van der Waals surface area contributed by atoms with Gasteiger partial charge in [-0.05, 0) is 0 Å². The van der Waals surface area contributed by atoms with Gasteiger partial charge in [0.25, 0.3) is 0 Å². The van der Waals surface area contributed by atoms with Crippen molar-refractivity contribution in [2.24, 2.45) is 5.73 Å². The minimum atomic E-state index is -1.00. The monoisotopic (exact) mass is 308 g/mol. The second-order valence-electron chi connectivity index (χ2n) is 2.23. The number of carbonyl (C=O) groups is 1. The Morgan fingerprint density at radius 3 is 2.92 bits per heavy atom. The summed E-state index contributed by atoms with van der Waals surface area (Å²) < 4.78 is 0. The van der Waals surface area contributed by atoms with Crippen LogP contribution in [0.3, 0.4) is 0 Å². The normalized spacial score (nSPS) is 11.8. The Labute approximate surface area is 110 Å². The summed E-state index contributed by atoms with van der Waals surface area (Å²) in [6.45, 7) is 0. The van der Waals surface area contributed by atoms with Crippen LogP contribution in [0.25, 0.3) is 0 Å². The smallest absolute Gasteiger partial charge is 0.320 e. The molecular formula is C6H9EuN3O2. The van der Waals surface area contributed by atoms with Crippen LogP contribution in [0, 0.1) is 49.4 Å². The zero-order chi connectivity index (χ0) is 8.27. The van der Waals surface area contributed by atoms with Gasteiger partial charge in [0.2, 0.25) is 0 Å². The van der Waals surface area contributed by atoms with Gasteiger partial charge in [-0.25, -0.2) is 4.98 Å². The first kappa shape index (κ1) is 12.2. The molecule has 0 unspecified atom stereocenters. The zero-order valence-corrected chi connectivity index (χ0v) is 8.62. The number of hydrogen-bond donors (Lipinski definition) is 3. The Morgan fingerprint density at radius 2 is 2.50 bits per heavy atom. The molecule has 1 aromatic heterocycles. The van der Waals surface area contributed by atoms with Gasteiger partial charge in [-0.2, -0.15) is 0 Å². The van der Waals surface area contributed by atoms with Gasteiger partial charge in [0, 0.05) is 67.7 Å². The molecular weight excluding hydrogens is 298 g/mol. The van der Waals surface area contributed by atoms with Crippen LogP contribution in [0.1, 0.15) is 5.69 Å². The van der Waals surface area contributed by atoms with E-state index in [0.717, 1.165) is 5.69 Å². The van der Waals surface area contributed by atoms with Crippen LogP contribution >= 0.6 is 0 Å². The number of H-pyrrole nitrogens is 1. The SMILES string of the molecule is N[C@H](Cc1cnc[nH]1)C(=O)O.[Eu]. The van der Waals surface area contributed by atoms with E-state index in [-0.39, 0.29) is 55.8 Å². The number of nitrogens with two attached hydrogens (primary N) is 1. The quantitative estimate of drug-likeness (QED) is 0.693. The average Bonchev–Trinajstić information content (AvgIpc) is 2.39. The van der Waals surface area contributed by atoms with E-state index in [4.69, 9.17) is 10.8 Å². The number of imidazole rings is 1. The van der Waals surface area contributed by atoms with Crippen molar-refractivity contribution in [1.29, 1.82) is 0 Å². The molecule has 1 radical (unpaired) electrons. The first-order valence-electron chi connectivity index (χ1n) is 3.16. The van der Waals surface area contributed by atoms with Gasteiger partial charge in [-0.15, -0.1) is 0 Å². The van der Waals surface area contributed by atoms with E-state index in [1.165, 1.54) is 6.33 Å². The third-order valence-corrected chi connectivity index (χ3v) is 1.31. The molecule has 4 N–H and O–H groups in total. The largest absolute Gasteiger partial charge is 0.480 e. The third-order valence-electron chi connectivity index (χ3n) is 1.31. The van der Waals surface area contributed by atoms with Gasteiger partial charge >= 0.3 is 5.97 Å². The predicted molar refractivity (Wildman–Crippen MR) is 37.9 cm³/mol. The maximum Gasteiger partial charge on any atom is 0.320 e. The fraction of sp³-hybridized carbons (Fsp3) is 0.333. The molecule has 0 spiro atoms. The predicted octanol–water partition coefficient (Wildman–Crippen LogP) is -0.636. The standard InChI is InChI=1S/C6H9N3O2.Eu/c7-5(6(10)11)1-4-2-8-3-9-4;/h2-3,5H,1,7H2,(H,8,9)(H,10,11);/t5-;/m1./s1. The molecule has 0 aliphatic heterocycles. The molecule has 0 bridgehead atoms. The number of carboxylic acids is 1. The molecule has 0 fully saturated rings. The average molecular weight is 307 g/mol. The number of nitrogens with one attached hydrogen (secondary N) is 1. The van der Waals surface area contributed by atoms with Crippen molar-refractivity contribution in [2.45, 2.75) is 12.5 Å². The first-order valence-corrected chi connectivity index (χ1v) is 3.16. The third kappa shape index (κ3) is 3.75. The van der Waals surface area contributed by atoms with E-state index in [1.54, 1.807) is 6.20 Å². The molecule has 1 rings (SSSR count). The molecule has 0 saturated carbocycles. The number of nitrogens with zero attached hydrogens (tertiary/aromatic N) is 1. The molecule has 1 heterocycles. The maximum atomic E-state index is 10.3. The fourth-order valence-corrected chi connectivity index (χ4v) is 0.721. The molecule has 67 valence electrons. The van der Waals surface area contributed by atoms with Crippen LogP contribution in [-0.4, -0.2) is 27.1 Å². The van der Waals surface area contributed by atoms with E-state index in [0.29, 0.717) is 0 Å². The molecule has 6 heteroatoms. The summed E-state index contributed by atoms with van der Waals surface area (Å²) in [6, 6.07) is -0.851. The molecule has 12 heavy (non-hydrogen) atoms. The Morgan fingerprint density at radius 1 is 1.83 bits per heavy atom. The van der Waals surface area contributed by atoms with Gasteiger partial charge in [0.1, 0.15) is 6.04 Å². The molecule has 0 aliphatic carbocycles. The van der Waals surface area contributed by atoms with Crippen LogP contribution in [0.5, 0.6) is 0 Å². The molecule has 0 aromatic carbocycles. The van der Waals surface area contributed by atoms with E-state index in [2.05, 4.69) is 9.97 Å². The summed E-state index contributed by atoms with van der Waals surface area (Å²) in [5.41, 5.74) is 6.00. The van der Waals surface area contributed by atoms with Gasteiger partial charge in [-0.3, -0.25) is 4.79 Å². The molecule has 1 atom stereocenters. The Bertz CT molecular complexity index is 237. The maximum absolute atomic E-state index is 10.3. The minimum Gasteiger partial charge on any atom is -0.480 e. The van der Waals surface area contributed by atoms with E-state index in [9.17, 15) is 4.79 Å². The van der Waals surface area contributed by atoms with Crippen molar-refractivity contribution in [2.75, 3.05) is 0 Å². The number of aromatic nitrogens is 2. The summed E-state index contributed by atoms with van der Waals surface area (Å²) in [5, 5.41) is 8.42. The van der Waals surface area contributed by atoms with Crippen molar-refractivity contribution < 1.29 is 59.3 Å². The summed E-state index contributed by atoms with van der Waals surface area (Å²) in [6.07, 6.45) is 3.34. The van der Waals surface area contributed by atoms with Crippen molar-refractivity contribution >= 4 is 5.97 Å². The van der Waals surface area contributed by atoms with Crippen molar-refractivity contribution in [3.05, 3.63) is 18.2 Å². The first-order chi connectivity index (χ1) is 5.20.